The summed E-state index contributed by atoms with van der Waals surface area (Å²) in [4.78, 5) is 6.50. The number of aromatic nitrogens is 3. The van der Waals surface area contributed by atoms with Gasteiger partial charge in [0.1, 0.15) is 11.5 Å². The van der Waals surface area contributed by atoms with Gasteiger partial charge in [-0.1, -0.05) is 19.9 Å². The molecule has 0 saturated heterocycles. The average Bonchev–Trinajstić information content (AvgIpc) is 3.05. The van der Waals surface area contributed by atoms with Crippen molar-refractivity contribution in [3.8, 4) is 33.9 Å². The lowest BCUT2D eigenvalue weighted by Gasteiger charge is -2.44. The van der Waals surface area contributed by atoms with Crippen molar-refractivity contribution in [1.29, 1.82) is 0 Å². The number of ether oxygens (including phenoxy) is 1. The number of nitrogens with zero attached hydrogens (tertiary/aromatic N) is 4. The molecule has 33 heavy (non-hydrogen) atoms. The molecule has 1 N–H and O–H groups in total. The summed E-state index contributed by atoms with van der Waals surface area (Å²) in [7, 11) is 3.75. The quantitative estimate of drug-likeness (QED) is 0.543. The predicted octanol–water partition coefficient (Wildman–Crippen LogP) is 5.71. The molecule has 3 aromatic rings. The maximum Gasteiger partial charge on any atom is 0.151 e. The van der Waals surface area contributed by atoms with Gasteiger partial charge < -0.3 is 14.7 Å². The second-order valence-corrected chi connectivity index (χ2v) is 10.6. The SMILES string of the molecule is COc1cncc(-c2ccc(-c3ccc(N(C)[C@H]4C[C@]5(C)CC[C@](C)(C4)C5)nn3)c(O)c2)c1. The van der Waals surface area contributed by atoms with Crippen LogP contribution in [-0.4, -0.2) is 40.5 Å². The van der Waals surface area contributed by atoms with E-state index >= 15 is 0 Å². The molecule has 6 nitrogen and oxygen atoms in total. The number of rotatable bonds is 5. The Hall–Kier alpha value is -3.15. The van der Waals surface area contributed by atoms with Gasteiger partial charge in [-0.05, 0) is 78.8 Å². The first-order valence-electron chi connectivity index (χ1n) is 11.7. The molecule has 2 fully saturated rings. The third-order valence-corrected chi connectivity index (χ3v) is 7.76. The van der Waals surface area contributed by atoms with Gasteiger partial charge in [-0.25, -0.2) is 0 Å². The Kier molecular flexibility index (Phi) is 5.26. The second kappa shape index (κ2) is 8.01. The van der Waals surface area contributed by atoms with Crippen molar-refractivity contribution in [1.82, 2.24) is 15.2 Å². The molecule has 2 aromatic heterocycles. The van der Waals surface area contributed by atoms with Gasteiger partial charge in [0.05, 0.1) is 19.0 Å². The summed E-state index contributed by atoms with van der Waals surface area (Å²) in [6.45, 7) is 4.89. The summed E-state index contributed by atoms with van der Waals surface area (Å²) in [5.74, 6) is 1.72. The van der Waals surface area contributed by atoms with Crippen molar-refractivity contribution in [2.45, 2.75) is 52.0 Å². The topological polar surface area (TPSA) is 71.4 Å². The van der Waals surface area contributed by atoms with E-state index in [0.717, 1.165) is 16.9 Å². The summed E-state index contributed by atoms with van der Waals surface area (Å²) in [6, 6.07) is 11.9. The molecule has 5 rings (SSSR count). The highest BCUT2D eigenvalue weighted by Crippen LogP contribution is 2.58. The molecule has 0 spiro atoms. The monoisotopic (exact) mass is 444 g/mol. The van der Waals surface area contributed by atoms with E-state index in [1.165, 1.54) is 32.1 Å². The van der Waals surface area contributed by atoms with Crippen LogP contribution in [0.15, 0.2) is 48.8 Å². The van der Waals surface area contributed by atoms with Crippen LogP contribution in [-0.2, 0) is 0 Å². The largest absolute Gasteiger partial charge is 0.507 e. The molecule has 0 unspecified atom stereocenters. The number of phenolic OH excluding ortho intramolecular Hbond substituents is 1. The molecule has 0 radical (unpaired) electrons. The molecule has 2 bridgehead atoms. The zero-order chi connectivity index (χ0) is 23.2. The van der Waals surface area contributed by atoms with Gasteiger partial charge in [-0.3, -0.25) is 4.98 Å². The summed E-state index contributed by atoms with van der Waals surface area (Å²) in [6.07, 6.45) is 9.84. The normalized spacial score (nSPS) is 26.2. The second-order valence-electron chi connectivity index (χ2n) is 10.6. The molecule has 6 heteroatoms. The summed E-state index contributed by atoms with van der Waals surface area (Å²) in [5.41, 5.74) is 3.95. The van der Waals surface area contributed by atoms with Crippen LogP contribution in [0, 0.1) is 10.8 Å². The number of pyridine rings is 1. The summed E-state index contributed by atoms with van der Waals surface area (Å²) in [5, 5.41) is 19.7. The number of aromatic hydroxyl groups is 1. The van der Waals surface area contributed by atoms with Gasteiger partial charge >= 0.3 is 0 Å². The highest BCUT2D eigenvalue weighted by molar-refractivity contribution is 5.74. The molecular weight excluding hydrogens is 412 g/mol. The van der Waals surface area contributed by atoms with Gasteiger partial charge in [0, 0.05) is 30.4 Å². The van der Waals surface area contributed by atoms with E-state index in [1.807, 2.05) is 30.3 Å². The van der Waals surface area contributed by atoms with Crippen molar-refractivity contribution >= 4 is 5.82 Å². The van der Waals surface area contributed by atoms with Crippen LogP contribution < -0.4 is 9.64 Å². The number of anilines is 1. The zero-order valence-corrected chi connectivity index (χ0v) is 19.9. The highest BCUT2D eigenvalue weighted by atomic mass is 16.5. The van der Waals surface area contributed by atoms with E-state index in [9.17, 15) is 5.11 Å². The number of phenols is 1. The van der Waals surface area contributed by atoms with E-state index in [0.29, 0.717) is 33.9 Å². The Labute approximate surface area is 195 Å². The van der Waals surface area contributed by atoms with E-state index in [4.69, 9.17) is 4.74 Å². The van der Waals surface area contributed by atoms with Gasteiger partial charge in [0.15, 0.2) is 5.82 Å². The number of benzene rings is 1. The summed E-state index contributed by atoms with van der Waals surface area (Å²) < 4.78 is 5.25. The number of methoxy groups -OCH3 is 1. The molecule has 172 valence electrons. The minimum atomic E-state index is 0.162. The summed E-state index contributed by atoms with van der Waals surface area (Å²) >= 11 is 0. The van der Waals surface area contributed by atoms with Crippen molar-refractivity contribution in [2.24, 2.45) is 10.8 Å². The zero-order valence-electron chi connectivity index (χ0n) is 19.9. The Bertz CT molecular complexity index is 1150. The average molecular weight is 445 g/mol. The molecule has 1 aromatic carbocycles. The minimum absolute atomic E-state index is 0.162. The lowest BCUT2D eigenvalue weighted by molar-refractivity contribution is 0.148. The van der Waals surface area contributed by atoms with Crippen LogP contribution in [0.1, 0.15) is 46.0 Å². The Morgan fingerprint density at radius 2 is 1.73 bits per heavy atom. The van der Waals surface area contributed by atoms with Crippen LogP contribution >= 0.6 is 0 Å². The standard InChI is InChI=1S/C27H32N4O2/c1-26-9-10-27(2,17-26)14-20(13-26)31(3)25-8-7-23(29-30-25)22-6-5-18(12-24(22)32)19-11-21(33-4)16-28-15-19/h5-8,11-12,15-16,20,32H,9-10,13-14,17H2,1-4H3/t20-,26-,27+. The molecule has 3 atom stereocenters. The minimum Gasteiger partial charge on any atom is -0.507 e. The van der Waals surface area contributed by atoms with Gasteiger partial charge in [0.25, 0.3) is 0 Å². The Morgan fingerprint density at radius 1 is 0.970 bits per heavy atom. The Morgan fingerprint density at radius 3 is 2.36 bits per heavy atom. The van der Waals surface area contributed by atoms with Crippen LogP contribution in [0.5, 0.6) is 11.5 Å². The van der Waals surface area contributed by atoms with Gasteiger partial charge in [0.2, 0.25) is 0 Å². The first-order chi connectivity index (χ1) is 15.8. The fourth-order valence-electron chi connectivity index (χ4n) is 6.10. The highest BCUT2D eigenvalue weighted by Gasteiger charge is 2.49. The van der Waals surface area contributed by atoms with Crippen LogP contribution in [0.3, 0.4) is 0 Å². The molecule has 0 aliphatic heterocycles. The molecule has 2 aliphatic rings. The third kappa shape index (κ3) is 4.14. The molecule has 0 amide bonds. The molecule has 2 heterocycles. The van der Waals surface area contributed by atoms with E-state index in [2.05, 4.69) is 41.0 Å². The predicted molar refractivity (Wildman–Crippen MR) is 130 cm³/mol. The number of hydrogen-bond acceptors (Lipinski definition) is 6. The van der Waals surface area contributed by atoms with Crippen LogP contribution in [0.4, 0.5) is 5.82 Å². The number of hydrogen-bond donors (Lipinski definition) is 1. The fourth-order valence-corrected chi connectivity index (χ4v) is 6.10. The maximum atomic E-state index is 10.7. The first-order valence-corrected chi connectivity index (χ1v) is 11.7. The lowest BCUT2D eigenvalue weighted by Crippen LogP contribution is -2.42. The maximum absolute atomic E-state index is 10.7. The van der Waals surface area contributed by atoms with E-state index in [-0.39, 0.29) is 5.75 Å². The van der Waals surface area contributed by atoms with Gasteiger partial charge in [-0.15, -0.1) is 10.2 Å². The molecule has 2 aliphatic carbocycles. The smallest absolute Gasteiger partial charge is 0.151 e. The van der Waals surface area contributed by atoms with Crippen molar-refractivity contribution < 1.29 is 9.84 Å². The van der Waals surface area contributed by atoms with Gasteiger partial charge in [-0.2, -0.15) is 0 Å². The Balaban J connectivity index is 1.35. The van der Waals surface area contributed by atoms with Crippen molar-refractivity contribution in [3.63, 3.8) is 0 Å². The lowest BCUT2D eigenvalue weighted by atomic mass is 9.68. The van der Waals surface area contributed by atoms with Crippen LogP contribution in [0.25, 0.3) is 22.4 Å². The van der Waals surface area contributed by atoms with Crippen molar-refractivity contribution in [3.05, 3.63) is 48.8 Å². The fraction of sp³-hybridized carbons (Fsp3) is 0.444. The molecule has 2 saturated carbocycles. The van der Waals surface area contributed by atoms with Crippen molar-refractivity contribution in [2.75, 3.05) is 19.1 Å². The number of fused-ring (bicyclic) bond motifs is 2. The van der Waals surface area contributed by atoms with Crippen LogP contribution in [0.2, 0.25) is 0 Å². The van der Waals surface area contributed by atoms with E-state index < -0.39 is 0 Å². The molecular formula is C27H32N4O2. The first kappa shape index (κ1) is 21.7. The third-order valence-electron chi connectivity index (χ3n) is 7.76. The van der Waals surface area contributed by atoms with E-state index in [1.54, 1.807) is 25.6 Å².